The number of amides is 3. The number of carbonyl (C=O) groups is 3. The first-order valence-electron chi connectivity index (χ1n) is 9.88. The number of likely N-dealkylation sites (tertiary alicyclic amines) is 1. The number of fused-ring (bicyclic) bond motifs is 6. The molecule has 1 aliphatic heterocycles. The highest BCUT2D eigenvalue weighted by Gasteiger charge is 2.66. The number of hydrogen-bond acceptors (Lipinski definition) is 3. The molecule has 1 saturated heterocycles. The van der Waals surface area contributed by atoms with Crippen molar-refractivity contribution >= 4 is 66.0 Å². The topological polar surface area (TPSA) is 66.5 Å². The van der Waals surface area contributed by atoms with Gasteiger partial charge in [0, 0.05) is 33.7 Å². The predicted octanol–water partition coefficient (Wildman–Crippen LogP) is 3.95. The lowest BCUT2D eigenvalue weighted by Gasteiger charge is -2.28. The molecule has 3 amide bonds. The van der Waals surface area contributed by atoms with Crippen molar-refractivity contribution in [2.45, 2.75) is 22.5 Å². The third-order valence-corrected chi connectivity index (χ3v) is 9.91. The van der Waals surface area contributed by atoms with Crippen LogP contribution in [0, 0.1) is 23.7 Å². The quantitative estimate of drug-likeness (QED) is 0.491. The van der Waals surface area contributed by atoms with E-state index in [0.29, 0.717) is 0 Å². The molecule has 6 unspecified atom stereocenters. The van der Waals surface area contributed by atoms with Crippen LogP contribution in [0.3, 0.4) is 0 Å². The SMILES string of the molecule is O=C(CCN1C(=O)C2C3CC(C(Br)C3Br)C2C1=O)Nc1cccc2ccccc12. The Kier molecular flexibility index (Phi) is 4.78. The number of alkyl halides is 2. The van der Waals surface area contributed by atoms with Gasteiger partial charge in [0.25, 0.3) is 0 Å². The van der Waals surface area contributed by atoms with Gasteiger partial charge in [0.15, 0.2) is 0 Å². The van der Waals surface area contributed by atoms with Crippen LogP contribution in [0.4, 0.5) is 5.69 Å². The molecule has 1 N–H and O–H groups in total. The zero-order valence-electron chi connectivity index (χ0n) is 15.6. The fraction of sp³-hybridized carbons (Fsp3) is 0.409. The maximum absolute atomic E-state index is 12.9. The Balaban J connectivity index is 1.27. The van der Waals surface area contributed by atoms with Crippen LogP contribution in [0.2, 0.25) is 0 Å². The second kappa shape index (κ2) is 7.20. The van der Waals surface area contributed by atoms with Gasteiger partial charge in [0.1, 0.15) is 0 Å². The number of rotatable bonds is 4. The minimum Gasteiger partial charge on any atom is -0.325 e. The van der Waals surface area contributed by atoms with Crippen molar-refractivity contribution in [1.29, 1.82) is 0 Å². The first-order chi connectivity index (χ1) is 14.0. The van der Waals surface area contributed by atoms with E-state index in [-0.39, 0.29) is 64.0 Å². The van der Waals surface area contributed by atoms with E-state index in [1.807, 2.05) is 42.5 Å². The zero-order chi connectivity index (χ0) is 20.3. The van der Waals surface area contributed by atoms with E-state index in [4.69, 9.17) is 0 Å². The van der Waals surface area contributed by atoms with Crippen molar-refractivity contribution in [2.24, 2.45) is 23.7 Å². The molecule has 2 saturated carbocycles. The highest BCUT2D eigenvalue weighted by molar-refractivity contribution is 9.12. The van der Waals surface area contributed by atoms with Gasteiger partial charge in [-0.3, -0.25) is 19.3 Å². The third-order valence-electron chi connectivity index (χ3n) is 6.70. The highest BCUT2D eigenvalue weighted by Crippen LogP contribution is 2.60. The molecule has 5 rings (SSSR count). The number of imide groups is 1. The molecule has 2 aliphatic carbocycles. The molecule has 2 bridgehead atoms. The molecule has 2 aromatic rings. The Morgan fingerprint density at radius 2 is 1.59 bits per heavy atom. The molecule has 5 nitrogen and oxygen atoms in total. The molecule has 150 valence electrons. The van der Waals surface area contributed by atoms with Crippen LogP contribution >= 0.6 is 31.9 Å². The molecule has 0 aromatic heterocycles. The van der Waals surface area contributed by atoms with Gasteiger partial charge in [-0.25, -0.2) is 0 Å². The van der Waals surface area contributed by atoms with Gasteiger partial charge >= 0.3 is 0 Å². The number of carbonyl (C=O) groups excluding carboxylic acids is 3. The van der Waals surface area contributed by atoms with Crippen molar-refractivity contribution in [1.82, 2.24) is 4.90 Å². The second-order valence-electron chi connectivity index (χ2n) is 8.16. The summed E-state index contributed by atoms with van der Waals surface area (Å²) in [6, 6.07) is 13.6. The van der Waals surface area contributed by atoms with E-state index in [1.165, 1.54) is 4.90 Å². The summed E-state index contributed by atoms with van der Waals surface area (Å²) in [7, 11) is 0. The van der Waals surface area contributed by atoms with Crippen molar-refractivity contribution < 1.29 is 14.4 Å². The molecule has 7 heteroatoms. The lowest BCUT2D eigenvalue weighted by atomic mass is 9.81. The largest absolute Gasteiger partial charge is 0.325 e. The van der Waals surface area contributed by atoms with E-state index in [9.17, 15) is 14.4 Å². The molecular weight excluding hydrogens is 500 g/mol. The van der Waals surface area contributed by atoms with Crippen LogP contribution in [-0.4, -0.2) is 38.8 Å². The van der Waals surface area contributed by atoms with Gasteiger partial charge in [0.2, 0.25) is 17.7 Å². The van der Waals surface area contributed by atoms with Crippen molar-refractivity contribution in [3.63, 3.8) is 0 Å². The number of nitrogens with one attached hydrogen (secondary N) is 1. The first kappa shape index (κ1) is 19.2. The summed E-state index contributed by atoms with van der Waals surface area (Å²) >= 11 is 7.38. The molecule has 2 aromatic carbocycles. The monoisotopic (exact) mass is 518 g/mol. The Morgan fingerprint density at radius 1 is 0.966 bits per heavy atom. The van der Waals surface area contributed by atoms with Gasteiger partial charge in [0.05, 0.1) is 11.8 Å². The highest BCUT2D eigenvalue weighted by atomic mass is 79.9. The average molecular weight is 520 g/mol. The smallest absolute Gasteiger partial charge is 0.233 e. The first-order valence-corrected chi connectivity index (χ1v) is 11.7. The predicted molar refractivity (Wildman–Crippen MR) is 118 cm³/mol. The normalized spacial score (nSPS) is 32.8. The molecule has 0 radical (unpaired) electrons. The van der Waals surface area contributed by atoms with Gasteiger partial charge in [-0.1, -0.05) is 68.3 Å². The summed E-state index contributed by atoms with van der Waals surface area (Å²) in [6.45, 7) is 0.139. The van der Waals surface area contributed by atoms with Crippen molar-refractivity contribution in [3.05, 3.63) is 42.5 Å². The van der Waals surface area contributed by atoms with Crippen LogP contribution in [0.25, 0.3) is 10.8 Å². The maximum Gasteiger partial charge on any atom is 0.233 e. The standard InChI is InChI=1S/C22H20Br2N2O3/c23-19-13-10-14(20(19)24)18-17(13)21(28)26(22(18)29)9-8-16(27)25-15-7-3-5-11-4-1-2-6-12(11)15/h1-7,13-14,17-20H,8-10H2,(H,25,27). The lowest BCUT2D eigenvalue weighted by Crippen LogP contribution is -2.37. The van der Waals surface area contributed by atoms with Gasteiger partial charge < -0.3 is 5.32 Å². The van der Waals surface area contributed by atoms with E-state index < -0.39 is 0 Å². The summed E-state index contributed by atoms with van der Waals surface area (Å²) in [4.78, 5) is 40.2. The van der Waals surface area contributed by atoms with Gasteiger partial charge in [-0.15, -0.1) is 0 Å². The number of halogens is 2. The number of benzene rings is 2. The number of hydrogen-bond donors (Lipinski definition) is 1. The van der Waals surface area contributed by atoms with E-state index in [1.54, 1.807) is 0 Å². The van der Waals surface area contributed by atoms with E-state index in [0.717, 1.165) is 22.9 Å². The zero-order valence-corrected chi connectivity index (χ0v) is 18.7. The Morgan fingerprint density at radius 3 is 2.28 bits per heavy atom. The second-order valence-corrected chi connectivity index (χ2v) is 10.3. The molecule has 0 spiro atoms. The molecule has 6 atom stereocenters. The van der Waals surface area contributed by atoms with Crippen molar-refractivity contribution in [3.8, 4) is 0 Å². The lowest BCUT2D eigenvalue weighted by molar-refractivity contribution is -0.140. The van der Waals surface area contributed by atoms with Crippen LogP contribution in [0.15, 0.2) is 42.5 Å². The minimum atomic E-state index is -0.230. The third kappa shape index (κ3) is 2.96. The van der Waals surface area contributed by atoms with Crippen LogP contribution < -0.4 is 5.32 Å². The summed E-state index contributed by atoms with van der Waals surface area (Å²) in [5.41, 5.74) is 0.742. The van der Waals surface area contributed by atoms with Crippen LogP contribution in [0.1, 0.15) is 12.8 Å². The van der Waals surface area contributed by atoms with Gasteiger partial charge in [-0.2, -0.15) is 0 Å². The molecule has 3 fully saturated rings. The molecular formula is C22H20Br2N2O3. The van der Waals surface area contributed by atoms with Crippen LogP contribution in [0.5, 0.6) is 0 Å². The average Bonchev–Trinajstić information content (AvgIpc) is 3.32. The molecule has 1 heterocycles. The Hall–Kier alpha value is -1.73. The summed E-state index contributed by atoms with van der Waals surface area (Å²) in [6.07, 6.45) is 1.01. The molecule has 29 heavy (non-hydrogen) atoms. The van der Waals surface area contributed by atoms with Gasteiger partial charge in [-0.05, 0) is 29.7 Å². The fourth-order valence-corrected chi connectivity index (χ4v) is 7.26. The Bertz CT molecular complexity index is 989. The Labute approximate surface area is 185 Å². The van der Waals surface area contributed by atoms with Crippen molar-refractivity contribution in [2.75, 3.05) is 11.9 Å². The maximum atomic E-state index is 12.9. The molecule has 3 aliphatic rings. The van der Waals surface area contributed by atoms with E-state index in [2.05, 4.69) is 37.2 Å². The van der Waals surface area contributed by atoms with Crippen LogP contribution in [-0.2, 0) is 14.4 Å². The van der Waals surface area contributed by atoms with E-state index >= 15 is 0 Å². The fourth-order valence-electron chi connectivity index (χ4n) is 5.39. The summed E-state index contributed by atoms with van der Waals surface area (Å²) < 4.78 is 0. The number of nitrogens with zero attached hydrogens (tertiary/aromatic N) is 1. The summed E-state index contributed by atoms with van der Waals surface area (Å²) in [5.74, 6) is -0.471. The minimum absolute atomic E-state index is 0.102. The number of anilines is 1. The summed E-state index contributed by atoms with van der Waals surface area (Å²) in [5, 5.41) is 4.95.